The zero-order chi connectivity index (χ0) is 13.1. The van der Waals surface area contributed by atoms with Gasteiger partial charge in [0.25, 0.3) is 0 Å². The summed E-state index contributed by atoms with van der Waals surface area (Å²) in [7, 11) is 1.82. The molecular formula is C14H19ClN2O. The fourth-order valence-corrected chi connectivity index (χ4v) is 2.44. The van der Waals surface area contributed by atoms with E-state index in [9.17, 15) is 4.79 Å². The Morgan fingerprint density at radius 2 is 2.06 bits per heavy atom. The summed E-state index contributed by atoms with van der Waals surface area (Å²) in [5.41, 5.74) is 1.90. The van der Waals surface area contributed by atoms with Crippen LogP contribution in [0.25, 0.3) is 0 Å². The lowest BCUT2D eigenvalue weighted by Crippen LogP contribution is -2.39. The van der Waals surface area contributed by atoms with Crippen LogP contribution in [0.1, 0.15) is 18.4 Å². The van der Waals surface area contributed by atoms with Crippen molar-refractivity contribution in [1.82, 2.24) is 5.32 Å². The molecule has 3 nitrogen and oxygen atoms in total. The minimum absolute atomic E-state index is 0.135. The SMILES string of the molecule is Cc1ccc(N(C)C(=O)C2CCNCC2)cc1Cl. The van der Waals surface area contributed by atoms with E-state index in [1.807, 2.05) is 32.2 Å². The van der Waals surface area contributed by atoms with Crippen LogP contribution in [-0.4, -0.2) is 26.0 Å². The molecule has 0 aliphatic carbocycles. The molecule has 1 amide bonds. The summed E-state index contributed by atoms with van der Waals surface area (Å²) in [5.74, 6) is 0.327. The van der Waals surface area contributed by atoms with Crippen LogP contribution in [-0.2, 0) is 4.79 Å². The van der Waals surface area contributed by atoms with Gasteiger partial charge in [-0.15, -0.1) is 0 Å². The molecule has 2 rings (SSSR count). The molecule has 1 aromatic rings. The largest absolute Gasteiger partial charge is 0.317 e. The Balaban J connectivity index is 2.11. The molecule has 0 bridgehead atoms. The van der Waals surface area contributed by atoms with Crippen molar-refractivity contribution < 1.29 is 4.79 Å². The van der Waals surface area contributed by atoms with E-state index < -0.39 is 0 Å². The second-order valence-electron chi connectivity index (χ2n) is 4.86. The molecule has 4 heteroatoms. The van der Waals surface area contributed by atoms with Crippen molar-refractivity contribution in [1.29, 1.82) is 0 Å². The van der Waals surface area contributed by atoms with Crippen molar-refractivity contribution >= 4 is 23.2 Å². The average Bonchev–Trinajstić information content (AvgIpc) is 2.41. The number of aryl methyl sites for hydroxylation is 1. The first kappa shape index (κ1) is 13.4. The number of carbonyl (C=O) groups excluding carboxylic acids is 1. The Bertz CT molecular complexity index is 441. The lowest BCUT2D eigenvalue weighted by Gasteiger charge is -2.27. The van der Waals surface area contributed by atoms with Crippen molar-refractivity contribution in [2.45, 2.75) is 19.8 Å². The Labute approximate surface area is 113 Å². The molecule has 0 atom stereocenters. The summed E-state index contributed by atoms with van der Waals surface area (Å²) in [6, 6.07) is 5.75. The smallest absolute Gasteiger partial charge is 0.229 e. The monoisotopic (exact) mass is 266 g/mol. The molecule has 98 valence electrons. The standard InChI is InChI=1S/C14H19ClN2O/c1-10-3-4-12(9-13(10)15)17(2)14(18)11-5-7-16-8-6-11/h3-4,9,11,16H,5-8H2,1-2H3. The van der Waals surface area contributed by atoms with Crippen LogP contribution in [0.4, 0.5) is 5.69 Å². The second kappa shape index (κ2) is 5.72. The van der Waals surface area contributed by atoms with Crippen molar-refractivity contribution in [3.63, 3.8) is 0 Å². The molecule has 1 heterocycles. The summed E-state index contributed by atoms with van der Waals surface area (Å²) < 4.78 is 0. The molecule has 0 spiro atoms. The fourth-order valence-electron chi connectivity index (χ4n) is 2.26. The third kappa shape index (κ3) is 2.85. The zero-order valence-corrected chi connectivity index (χ0v) is 11.6. The van der Waals surface area contributed by atoms with E-state index in [2.05, 4.69) is 5.32 Å². The molecular weight excluding hydrogens is 248 g/mol. The van der Waals surface area contributed by atoms with Crippen LogP contribution in [0.2, 0.25) is 5.02 Å². The number of benzene rings is 1. The van der Waals surface area contributed by atoms with Crippen LogP contribution < -0.4 is 10.2 Å². The Morgan fingerprint density at radius 3 is 2.67 bits per heavy atom. The maximum absolute atomic E-state index is 12.3. The number of amides is 1. The predicted octanol–water partition coefficient (Wildman–Crippen LogP) is 2.61. The predicted molar refractivity (Wildman–Crippen MR) is 75.2 cm³/mol. The van der Waals surface area contributed by atoms with Gasteiger partial charge in [-0.2, -0.15) is 0 Å². The first-order valence-corrected chi connectivity index (χ1v) is 6.72. The van der Waals surface area contributed by atoms with Crippen LogP contribution >= 0.6 is 11.6 Å². The third-order valence-corrected chi connectivity index (χ3v) is 3.97. The fraction of sp³-hybridized carbons (Fsp3) is 0.500. The minimum Gasteiger partial charge on any atom is -0.317 e. The number of halogens is 1. The summed E-state index contributed by atoms with van der Waals surface area (Å²) in [4.78, 5) is 14.1. The highest BCUT2D eigenvalue weighted by Gasteiger charge is 2.24. The molecule has 18 heavy (non-hydrogen) atoms. The topological polar surface area (TPSA) is 32.3 Å². The Hall–Kier alpha value is -1.06. The summed E-state index contributed by atoms with van der Waals surface area (Å²) in [5, 5.41) is 3.98. The van der Waals surface area contributed by atoms with Crippen LogP contribution in [0.5, 0.6) is 0 Å². The molecule has 0 aromatic heterocycles. The van der Waals surface area contributed by atoms with E-state index in [1.165, 1.54) is 0 Å². The normalized spacial score (nSPS) is 16.6. The number of carbonyl (C=O) groups is 1. The van der Waals surface area contributed by atoms with E-state index in [0.717, 1.165) is 37.2 Å². The van der Waals surface area contributed by atoms with E-state index >= 15 is 0 Å². The number of nitrogens with zero attached hydrogens (tertiary/aromatic N) is 1. The molecule has 1 N–H and O–H groups in total. The van der Waals surface area contributed by atoms with E-state index in [0.29, 0.717) is 5.02 Å². The minimum atomic E-state index is 0.135. The lowest BCUT2D eigenvalue weighted by atomic mass is 9.96. The maximum Gasteiger partial charge on any atom is 0.229 e. The first-order chi connectivity index (χ1) is 8.59. The number of hydrogen-bond acceptors (Lipinski definition) is 2. The van der Waals surface area contributed by atoms with Crippen molar-refractivity contribution in [3.8, 4) is 0 Å². The molecule has 1 aromatic carbocycles. The molecule has 1 aliphatic heterocycles. The quantitative estimate of drug-likeness (QED) is 0.893. The van der Waals surface area contributed by atoms with Gasteiger partial charge in [0.05, 0.1) is 0 Å². The van der Waals surface area contributed by atoms with Crippen LogP contribution in [0.3, 0.4) is 0 Å². The Morgan fingerprint density at radius 1 is 1.39 bits per heavy atom. The van der Waals surface area contributed by atoms with Crippen molar-refractivity contribution in [2.75, 3.05) is 25.0 Å². The summed E-state index contributed by atoms with van der Waals surface area (Å²) >= 11 is 6.10. The molecule has 1 aliphatic rings. The molecule has 1 saturated heterocycles. The average molecular weight is 267 g/mol. The summed E-state index contributed by atoms with van der Waals surface area (Å²) in [6.07, 6.45) is 1.84. The number of piperidine rings is 1. The number of anilines is 1. The van der Waals surface area contributed by atoms with Gasteiger partial charge >= 0.3 is 0 Å². The maximum atomic E-state index is 12.3. The van der Waals surface area contributed by atoms with Gasteiger partial charge < -0.3 is 10.2 Å². The number of nitrogens with one attached hydrogen (secondary N) is 1. The van der Waals surface area contributed by atoms with Crippen LogP contribution in [0, 0.1) is 12.8 Å². The van der Waals surface area contributed by atoms with Gasteiger partial charge in [-0.05, 0) is 50.6 Å². The molecule has 0 radical (unpaired) electrons. The van der Waals surface area contributed by atoms with Gasteiger partial charge in [0.15, 0.2) is 0 Å². The Kier molecular flexibility index (Phi) is 4.25. The number of rotatable bonds is 2. The molecule has 0 unspecified atom stereocenters. The summed E-state index contributed by atoms with van der Waals surface area (Å²) in [6.45, 7) is 3.82. The van der Waals surface area contributed by atoms with Crippen molar-refractivity contribution in [2.24, 2.45) is 5.92 Å². The van der Waals surface area contributed by atoms with Gasteiger partial charge in [0.2, 0.25) is 5.91 Å². The highest BCUT2D eigenvalue weighted by Crippen LogP contribution is 2.24. The third-order valence-electron chi connectivity index (χ3n) is 3.56. The lowest BCUT2D eigenvalue weighted by molar-refractivity contribution is -0.122. The van der Waals surface area contributed by atoms with E-state index in [1.54, 1.807) is 4.90 Å². The van der Waals surface area contributed by atoms with E-state index in [4.69, 9.17) is 11.6 Å². The second-order valence-corrected chi connectivity index (χ2v) is 5.26. The highest BCUT2D eigenvalue weighted by atomic mass is 35.5. The van der Waals surface area contributed by atoms with Crippen LogP contribution in [0.15, 0.2) is 18.2 Å². The van der Waals surface area contributed by atoms with Gasteiger partial charge in [-0.25, -0.2) is 0 Å². The molecule has 0 saturated carbocycles. The van der Waals surface area contributed by atoms with Gasteiger partial charge in [0.1, 0.15) is 0 Å². The molecule has 1 fully saturated rings. The van der Waals surface area contributed by atoms with Gasteiger partial charge in [-0.3, -0.25) is 4.79 Å². The van der Waals surface area contributed by atoms with Crippen molar-refractivity contribution in [3.05, 3.63) is 28.8 Å². The van der Waals surface area contributed by atoms with Gasteiger partial charge in [0, 0.05) is 23.7 Å². The first-order valence-electron chi connectivity index (χ1n) is 6.34. The number of hydrogen-bond donors (Lipinski definition) is 1. The van der Waals surface area contributed by atoms with Gasteiger partial charge in [-0.1, -0.05) is 17.7 Å². The van der Waals surface area contributed by atoms with E-state index in [-0.39, 0.29) is 11.8 Å². The highest BCUT2D eigenvalue weighted by molar-refractivity contribution is 6.31. The zero-order valence-electron chi connectivity index (χ0n) is 10.9.